The van der Waals surface area contributed by atoms with Crippen molar-refractivity contribution in [1.29, 1.82) is 0 Å². The largest absolute Gasteiger partial charge is 0.339 e. The molecule has 2 aromatic carbocycles. The summed E-state index contributed by atoms with van der Waals surface area (Å²) in [7, 11) is 0. The van der Waals surface area contributed by atoms with Gasteiger partial charge in [0, 0.05) is 50.1 Å². The van der Waals surface area contributed by atoms with E-state index in [4.69, 9.17) is 0 Å². The normalized spacial score (nSPS) is 14.0. The molecule has 0 radical (unpaired) electrons. The Bertz CT molecular complexity index is 933. The molecule has 2 aromatic rings. The van der Waals surface area contributed by atoms with E-state index in [-0.39, 0.29) is 30.4 Å². The van der Waals surface area contributed by atoms with Crippen molar-refractivity contribution in [2.75, 3.05) is 26.2 Å². The van der Waals surface area contributed by atoms with Crippen molar-refractivity contribution in [3.8, 4) is 0 Å². The van der Waals surface area contributed by atoms with E-state index < -0.39 is 5.82 Å². The number of ketones is 1. The van der Waals surface area contributed by atoms with Crippen molar-refractivity contribution in [3.63, 3.8) is 0 Å². The van der Waals surface area contributed by atoms with Gasteiger partial charge in [-0.2, -0.15) is 0 Å². The van der Waals surface area contributed by atoms with Crippen LogP contribution in [0.5, 0.6) is 0 Å². The number of Topliss-reactive ketones (excluding diaryl/α,β-unsaturated/α-hetero) is 1. The number of carbonyl (C=O) groups is 3. The molecule has 0 aliphatic carbocycles. The lowest BCUT2D eigenvalue weighted by molar-refractivity contribution is -0.132. The summed E-state index contributed by atoms with van der Waals surface area (Å²) < 4.78 is 13.3. The third-order valence-corrected chi connectivity index (χ3v) is 5.39. The highest BCUT2D eigenvalue weighted by Gasteiger charge is 2.25. The topological polar surface area (TPSA) is 57.7 Å². The molecule has 0 saturated carbocycles. The monoisotopic (exact) mass is 396 g/mol. The van der Waals surface area contributed by atoms with Crippen LogP contribution in [0.3, 0.4) is 0 Å². The van der Waals surface area contributed by atoms with Crippen LogP contribution in [0.1, 0.15) is 44.7 Å². The molecule has 0 aromatic heterocycles. The van der Waals surface area contributed by atoms with Crippen molar-refractivity contribution < 1.29 is 18.8 Å². The van der Waals surface area contributed by atoms with Crippen LogP contribution >= 0.6 is 0 Å². The number of nitrogens with zero attached hydrogens (tertiary/aromatic N) is 2. The molecule has 2 amide bonds. The van der Waals surface area contributed by atoms with Crippen molar-refractivity contribution in [2.24, 2.45) is 0 Å². The minimum absolute atomic E-state index is 0.0404. The van der Waals surface area contributed by atoms with Crippen LogP contribution in [0.25, 0.3) is 0 Å². The fourth-order valence-corrected chi connectivity index (χ4v) is 3.40. The fraction of sp³-hybridized carbons (Fsp3) is 0.348. The maximum Gasteiger partial charge on any atom is 0.254 e. The Morgan fingerprint density at radius 2 is 1.52 bits per heavy atom. The third kappa shape index (κ3) is 5.08. The number of benzene rings is 2. The van der Waals surface area contributed by atoms with Gasteiger partial charge in [0.25, 0.3) is 5.91 Å². The van der Waals surface area contributed by atoms with Gasteiger partial charge in [-0.1, -0.05) is 18.2 Å². The molecule has 1 fully saturated rings. The van der Waals surface area contributed by atoms with Crippen molar-refractivity contribution >= 4 is 17.6 Å². The molecule has 5 nitrogen and oxygen atoms in total. The van der Waals surface area contributed by atoms with Crippen LogP contribution in [-0.4, -0.2) is 53.6 Å². The van der Waals surface area contributed by atoms with E-state index >= 15 is 0 Å². The Hall–Kier alpha value is -3.02. The van der Waals surface area contributed by atoms with Crippen molar-refractivity contribution in [2.45, 2.75) is 26.7 Å². The van der Waals surface area contributed by atoms with E-state index in [9.17, 15) is 18.8 Å². The lowest BCUT2D eigenvalue weighted by atomic mass is 10.0. The first-order valence-corrected chi connectivity index (χ1v) is 9.78. The predicted octanol–water partition coefficient (Wildman–Crippen LogP) is 3.39. The Morgan fingerprint density at radius 1 is 0.828 bits per heavy atom. The molecule has 0 bridgehead atoms. The van der Waals surface area contributed by atoms with Crippen LogP contribution < -0.4 is 0 Å². The molecule has 6 heteroatoms. The van der Waals surface area contributed by atoms with E-state index in [0.29, 0.717) is 37.3 Å². The van der Waals surface area contributed by atoms with Gasteiger partial charge in [-0.05, 0) is 49.2 Å². The van der Waals surface area contributed by atoms with E-state index in [1.54, 1.807) is 21.9 Å². The first-order valence-electron chi connectivity index (χ1n) is 9.78. The molecule has 3 rings (SSSR count). The first kappa shape index (κ1) is 20.7. The average molecular weight is 396 g/mol. The quantitative estimate of drug-likeness (QED) is 0.728. The number of rotatable bonds is 5. The Labute approximate surface area is 170 Å². The molecule has 29 heavy (non-hydrogen) atoms. The smallest absolute Gasteiger partial charge is 0.254 e. The van der Waals surface area contributed by atoms with E-state index in [2.05, 4.69) is 0 Å². The van der Waals surface area contributed by atoms with Crippen molar-refractivity contribution in [3.05, 3.63) is 70.5 Å². The molecular weight excluding hydrogens is 371 g/mol. The lowest BCUT2D eigenvalue weighted by Gasteiger charge is -2.35. The van der Waals surface area contributed by atoms with E-state index in [1.165, 1.54) is 18.2 Å². The highest BCUT2D eigenvalue weighted by Crippen LogP contribution is 2.14. The summed E-state index contributed by atoms with van der Waals surface area (Å²) in [5, 5.41) is 0. The molecule has 1 heterocycles. The van der Waals surface area contributed by atoms with Gasteiger partial charge in [-0.25, -0.2) is 4.39 Å². The van der Waals surface area contributed by atoms with Gasteiger partial charge in [0.15, 0.2) is 5.78 Å². The molecule has 0 spiro atoms. The summed E-state index contributed by atoms with van der Waals surface area (Å²) in [6.45, 7) is 5.57. The molecular formula is C23H25FN2O3. The van der Waals surface area contributed by atoms with Gasteiger partial charge >= 0.3 is 0 Å². The summed E-state index contributed by atoms with van der Waals surface area (Å²) in [5.41, 5.74) is 3.12. The number of hydrogen-bond acceptors (Lipinski definition) is 3. The standard InChI is InChI=1S/C23H25FN2O3/c1-16-6-7-18(14-17(16)2)21(27)8-9-22(28)25-10-12-26(13-11-25)23(29)19-4-3-5-20(24)15-19/h3-7,14-15H,8-13H2,1-2H3. The summed E-state index contributed by atoms with van der Waals surface area (Å²) in [5.74, 6) is -0.805. The second-order valence-corrected chi connectivity index (χ2v) is 7.41. The van der Waals surface area contributed by atoms with Crippen LogP contribution in [0.15, 0.2) is 42.5 Å². The van der Waals surface area contributed by atoms with Crippen LogP contribution in [-0.2, 0) is 4.79 Å². The summed E-state index contributed by atoms with van der Waals surface area (Å²) in [6.07, 6.45) is 0.327. The SMILES string of the molecule is Cc1ccc(C(=O)CCC(=O)N2CCN(C(=O)c3cccc(F)c3)CC2)cc1C. The van der Waals surface area contributed by atoms with Crippen LogP contribution in [0.2, 0.25) is 0 Å². The highest BCUT2D eigenvalue weighted by molar-refractivity contribution is 5.98. The van der Waals surface area contributed by atoms with Gasteiger partial charge in [-0.15, -0.1) is 0 Å². The third-order valence-electron chi connectivity index (χ3n) is 5.39. The van der Waals surface area contributed by atoms with E-state index in [1.807, 2.05) is 26.0 Å². The van der Waals surface area contributed by atoms with Gasteiger partial charge in [0.2, 0.25) is 5.91 Å². The molecule has 1 aliphatic rings. The maximum atomic E-state index is 13.3. The summed E-state index contributed by atoms with van der Waals surface area (Å²) >= 11 is 0. The Morgan fingerprint density at radius 3 is 2.17 bits per heavy atom. The number of hydrogen-bond donors (Lipinski definition) is 0. The predicted molar refractivity (Wildman–Crippen MR) is 108 cm³/mol. The number of piperazine rings is 1. The molecule has 1 saturated heterocycles. The van der Waals surface area contributed by atoms with Crippen LogP contribution in [0.4, 0.5) is 4.39 Å². The number of halogens is 1. The average Bonchev–Trinajstić information content (AvgIpc) is 2.73. The summed E-state index contributed by atoms with van der Waals surface area (Å²) in [6, 6.07) is 11.2. The number of amides is 2. The fourth-order valence-electron chi connectivity index (χ4n) is 3.40. The lowest BCUT2D eigenvalue weighted by Crippen LogP contribution is -2.50. The minimum Gasteiger partial charge on any atom is -0.339 e. The highest BCUT2D eigenvalue weighted by atomic mass is 19.1. The molecule has 1 aliphatic heterocycles. The molecule has 152 valence electrons. The second kappa shape index (κ2) is 8.99. The zero-order valence-electron chi connectivity index (χ0n) is 16.8. The number of aryl methyl sites for hydroxylation is 2. The van der Waals surface area contributed by atoms with Gasteiger partial charge in [-0.3, -0.25) is 14.4 Å². The first-order chi connectivity index (χ1) is 13.8. The second-order valence-electron chi connectivity index (χ2n) is 7.41. The number of carbonyl (C=O) groups excluding carboxylic acids is 3. The zero-order valence-corrected chi connectivity index (χ0v) is 16.8. The van der Waals surface area contributed by atoms with Gasteiger partial charge in [0.1, 0.15) is 5.82 Å². The zero-order chi connectivity index (χ0) is 21.0. The maximum absolute atomic E-state index is 13.3. The Balaban J connectivity index is 1.49. The summed E-state index contributed by atoms with van der Waals surface area (Å²) in [4.78, 5) is 40.6. The molecule has 0 unspecified atom stereocenters. The minimum atomic E-state index is -0.446. The van der Waals surface area contributed by atoms with Gasteiger partial charge in [0.05, 0.1) is 0 Å². The Kier molecular flexibility index (Phi) is 6.42. The van der Waals surface area contributed by atoms with Crippen LogP contribution in [0, 0.1) is 19.7 Å². The molecule has 0 N–H and O–H groups in total. The van der Waals surface area contributed by atoms with Crippen molar-refractivity contribution in [1.82, 2.24) is 9.80 Å². The van der Waals surface area contributed by atoms with E-state index in [0.717, 1.165) is 11.1 Å². The van der Waals surface area contributed by atoms with Gasteiger partial charge < -0.3 is 9.80 Å². The molecule has 0 atom stereocenters.